The highest BCUT2D eigenvalue weighted by molar-refractivity contribution is 7.92. The fraction of sp³-hybridized carbons (Fsp3) is 0.296. The summed E-state index contributed by atoms with van der Waals surface area (Å²) >= 11 is 5.90. The standard InChI is InChI=1S/C27H26ClFN2O6S/c28-17-3-1-16(2-4-17)14-30-26(33)13-20-12-23-22-11-19(7-10-24(22)37-27(23)25(15-32)36-20)31-38(34,35)21-8-5-18(29)6-9-21/h1-11,20,23,25,27,31-32H,12-15H2,(H,30,33)/t20-,23-,25-,27+/m0/s1. The second-order valence-corrected chi connectivity index (χ2v) is 11.4. The molecule has 8 nitrogen and oxygen atoms in total. The highest BCUT2D eigenvalue weighted by Crippen LogP contribution is 2.47. The van der Waals surface area contributed by atoms with Gasteiger partial charge in [-0.2, -0.15) is 0 Å². The van der Waals surface area contributed by atoms with E-state index in [2.05, 4.69) is 10.0 Å². The summed E-state index contributed by atoms with van der Waals surface area (Å²) in [5, 5.41) is 13.5. The molecule has 5 rings (SSSR count). The molecule has 0 aliphatic carbocycles. The van der Waals surface area contributed by atoms with Gasteiger partial charge in [0, 0.05) is 28.7 Å². The van der Waals surface area contributed by atoms with Gasteiger partial charge in [0.15, 0.2) is 0 Å². The molecular weight excluding hydrogens is 535 g/mol. The van der Waals surface area contributed by atoms with Crippen LogP contribution in [0.25, 0.3) is 0 Å². The third-order valence-corrected chi connectivity index (χ3v) is 8.34. The molecule has 2 aliphatic heterocycles. The summed E-state index contributed by atoms with van der Waals surface area (Å²) in [7, 11) is -3.93. The Morgan fingerprint density at radius 3 is 2.53 bits per heavy atom. The molecule has 0 spiro atoms. The molecule has 0 saturated carbocycles. The van der Waals surface area contributed by atoms with Gasteiger partial charge in [-0.1, -0.05) is 23.7 Å². The number of halogens is 2. The Kier molecular flexibility index (Phi) is 7.58. The zero-order chi connectivity index (χ0) is 26.9. The lowest BCUT2D eigenvalue weighted by atomic mass is 9.84. The highest BCUT2D eigenvalue weighted by Gasteiger charge is 2.46. The van der Waals surface area contributed by atoms with E-state index in [0.29, 0.717) is 29.4 Å². The van der Waals surface area contributed by atoms with Crippen LogP contribution in [0.2, 0.25) is 5.02 Å². The van der Waals surface area contributed by atoms with Crippen LogP contribution in [0.3, 0.4) is 0 Å². The number of anilines is 1. The van der Waals surface area contributed by atoms with Crippen LogP contribution < -0.4 is 14.8 Å². The summed E-state index contributed by atoms with van der Waals surface area (Å²) in [5.41, 5.74) is 2.00. The van der Waals surface area contributed by atoms with Crippen LogP contribution in [0.4, 0.5) is 10.1 Å². The minimum Gasteiger partial charge on any atom is -0.487 e. The molecular formula is C27H26ClFN2O6S. The molecule has 1 amide bonds. The Balaban J connectivity index is 1.28. The monoisotopic (exact) mass is 560 g/mol. The molecule has 0 bridgehead atoms. The first-order valence-electron chi connectivity index (χ1n) is 12.1. The maximum absolute atomic E-state index is 13.2. The molecule has 200 valence electrons. The van der Waals surface area contributed by atoms with Gasteiger partial charge in [0.2, 0.25) is 5.91 Å². The quantitative estimate of drug-likeness (QED) is 0.384. The van der Waals surface area contributed by atoms with E-state index in [4.69, 9.17) is 21.1 Å². The number of benzene rings is 3. The Bertz CT molecular complexity index is 1420. The molecule has 0 unspecified atom stereocenters. The molecule has 1 fully saturated rings. The Hall–Kier alpha value is -3.18. The van der Waals surface area contributed by atoms with E-state index in [9.17, 15) is 22.7 Å². The van der Waals surface area contributed by atoms with Gasteiger partial charge >= 0.3 is 0 Å². The first kappa shape index (κ1) is 26.4. The van der Waals surface area contributed by atoms with E-state index < -0.39 is 34.2 Å². The van der Waals surface area contributed by atoms with Gasteiger partial charge in [0.25, 0.3) is 10.0 Å². The number of aliphatic hydroxyl groups is 1. The van der Waals surface area contributed by atoms with Crippen molar-refractivity contribution in [3.05, 3.63) is 88.7 Å². The van der Waals surface area contributed by atoms with Crippen LogP contribution in [0.15, 0.2) is 71.6 Å². The van der Waals surface area contributed by atoms with E-state index in [-0.39, 0.29) is 29.7 Å². The molecule has 3 aromatic carbocycles. The number of ether oxygens (including phenoxy) is 2. The Morgan fingerprint density at radius 1 is 1.08 bits per heavy atom. The van der Waals surface area contributed by atoms with Crippen molar-refractivity contribution in [2.45, 2.75) is 48.5 Å². The number of rotatable bonds is 8. The van der Waals surface area contributed by atoms with Crippen LogP contribution in [0, 0.1) is 5.82 Å². The number of aliphatic hydroxyl groups excluding tert-OH is 1. The largest absolute Gasteiger partial charge is 0.487 e. The fourth-order valence-corrected chi connectivity index (χ4v) is 6.04. The van der Waals surface area contributed by atoms with Gasteiger partial charge in [-0.25, -0.2) is 12.8 Å². The van der Waals surface area contributed by atoms with E-state index in [1.54, 1.807) is 30.3 Å². The van der Waals surface area contributed by atoms with Gasteiger partial charge in [-0.15, -0.1) is 0 Å². The number of nitrogens with one attached hydrogen (secondary N) is 2. The van der Waals surface area contributed by atoms with Gasteiger partial charge in [0.1, 0.15) is 23.8 Å². The van der Waals surface area contributed by atoms with E-state index in [1.165, 1.54) is 12.1 Å². The lowest BCUT2D eigenvalue weighted by Gasteiger charge is -2.37. The van der Waals surface area contributed by atoms with Gasteiger partial charge in [-0.3, -0.25) is 9.52 Å². The zero-order valence-corrected chi connectivity index (χ0v) is 21.7. The maximum atomic E-state index is 13.2. The van der Waals surface area contributed by atoms with Crippen LogP contribution in [0.1, 0.15) is 29.9 Å². The van der Waals surface area contributed by atoms with Crippen molar-refractivity contribution in [1.29, 1.82) is 0 Å². The lowest BCUT2D eigenvalue weighted by Crippen LogP contribution is -2.47. The lowest BCUT2D eigenvalue weighted by molar-refractivity contribution is -0.142. The SMILES string of the molecule is O=C(C[C@@H]1C[C@H]2c3cc(NS(=O)(=O)c4ccc(F)cc4)ccc3O[C@H]2[C@H](CO)O1)NCc1ccc(Cl)cc1. The topological polar surface area (TPSA) is 114 Å². The van der Waals surface area contributed by atoms with Gasteiger partial charge < -0.3 is 19.9 Å². The smallest absolute Gasteiger partial charge is 0.261 e. The summed E-state index contributed by atoms with van der Waals surface area (Å²) in [6, 6.07) is 16.7. The molecule has 2 heterocycles. The summed E-state index contributed by atoms with van der Waals surface area (Å²) in [6.07, 6.45) is -1.02. The summed E-state index contributed by atoms with van der Waals surface area (Å²) in [5.74, 6) is -0.365. The van der Waals surface area contributed by atoms with E-state index in [0.717, 1.165) is 23.3 Å². The van der Waals surface area contributed by atoms with Crippen LogP contribution in [-0.2, 0) is 26.1 Å². The average Bonchev–Trinajstić information content (AvgIpc) is 3.26. The molecule has 3 N–H and O–H groups in total. The predicted octanol–water partition coefficient (Wildman–Crippen LogP) is 3.98. The van der Waals surface area contributed by atoms with Crippen molar-refractivity contribution in [1.82, 2.24) is 5.32 Å². The molecule has 3 aromatic rings. The number of fused-ring (bicyclic) bond motifs is 3. The summed E-state index contributed by atoms with van der Waals surface area (Å²) < 4.78 is 53.4. The number of carbonyl (C=O) groups is 1. The van der Waals surface area contributed by atoms with Crippen molar-refractivity contribution in [3.63, 3.8) is 0 Å². The number of carbonyl (C=O) groups excluding carboxylic acids is 1. The normalized spacial score (nSPS) is 22.2. The maximum Gasteiger partial charge on any atom is 0.261 e. The Morgan fingerprint density at radius 2 is 1.82 bits per heavy atom. The number of sulfonamides is 1. The van der Waals surface area contributed by atoms with Gasteiger partial charge in [-0.05, 0) is 66.6 Å². The predicted molar refractivity (Wildman–Crippen MR) is 139 cm³/mol. The number of amides is 1. The fourth-order valence-electron chi connectivity index (χ4n) is 4.86. The van der Waals surface area contributed by atoms with Crippen LogP contribution in [0.5, 0.6) is 5.75 Å². The molecule has 0 aromatic heterocycles. The van der Waals surface area contributed by atoms with Crippen molar-refractivity contribution in [2.75, 3.05) is 11.3 Å². The molecule has 0 radical (unpaired) electrons. The van der Waals surface area contributed by atoms with Crippen molar-refractivity contribution in [2.24, 2.45) is 0 Å². The molecule has 11 heteroatoms. The number of hydrogen-bond acceptors (Lipinski definition) is 6. The number of hydrogen-bond donors (Lipinski definition) is 3. The first-order chi connectivity index (χ1) is 18.2. The highest BCUT2D eigenvalue weighted by atomic mass is 35.5. The minimum absolute atomic E-state index is 0.0652. The second kappa shape index (κ2) is 10.9. The molecule has 1 saturated heterocycles. The van der Waals surface area contributed by atoms with Crippen molar-refractivity contribution >= 4 is 33.2 Å². The minimum atomic E-state index is -3.93. The summed E-state index contributed by atoms with van der Waals surface area (Å²) in [6.45, 7) is 0.0593. The zero-order valence-electron chi connectivity index (χ0n) is 20.1. The molecule has 2 aliphatic rings. The van der Waals surface area contributed by atoms with E-state index in [1.807, 2.05) is 12.1 Å². The third-order valence-electron chi connectivity index (χ3n) is 6.69. The van der Waals surface area contributed by atoms with Crippen LogP contribution in [-0.4, -0.2) is 44.4 Å². The Labute approximate surface area is 224 Å². The van der Waals surface area contributed by atoms with E-state index >= 15 is 0 Å². The van der Waals surface area contributed by atoms with Gasteiger partial charge in [0.05, 0.1) is 24.0 Å². The van der Waals surface area contributed by atoms with Crippen molar-refractivity contribution in [3.8, 4) is 5.75 Å². The van der Waals surface area contributed by atoms with Crippen molar-refractivity contribution < 1.29 is 32.2 Å². The first-order valence-corrected chi connectivity index (χ1v) is 13.9. The second-order valence-electron chi connectivity index (χ2n) is 9.32. The average molecular weight is 561 g/mol. The third kappa shape index (κ3) is 5.78. The van der Waals surface area contributed by atoms with Crippen LogP contribution >= 0.6 is 11.6 Å². The molecule has 4 atom stereocenters. The summed E-state index contributed by atoms with van der Waals surface area (Å²) in [4.78, 5) is 12.6. The molecule has 38 heavy (non-hydrogen) atoms.